The summed E-state index contributed by atoms with van der Waals surface area (Å²) < 4.78 is 0.936. The van der Waals surface area contributed by atoms with Gasteiger partial charge in [-0.25, -0.2) is 0 Å². The summed E-state index contributed by atoms with van der Waals surface area (Å²) in [6.45, 7) is 7.26. The van der Waals surface area contributed by atoms with Gasteiger partial charge in [-0.1, -0.05) is 13.8 Å². The Bertz CT molecular complexity index is 404. The number of thiophene rings is 1. The molecule has 2 rings (SSSR count). The van der Waals surface area contributed by atoms with Crippen LogP contribution >= 0.6 is 27.3 Å². The maximum Gasteiger partial charge on any atom is 0.187 e. The van der Waals surface area contributed by atoms with Gasteiger partial charge in [0.25, 0.3) is 0 Å². The van der Waals surface area contributed by atoms with Crippen molar-refractivity contribution in [1.82, 2.24) is 4.90 Å². The standard InChI is InChI=1S/C13H18BrNOS/c1-9-3-5-15(7-10(9)2)8-12(16)13-11(14)4-6-17-13/h4,6,9-10H,3,5,7-8H2,1-2H3. The molecule has 2 heterocycles. The lowest BCUT2D eigenvalue weighted by atomic mass is 9.88. The van der Waals surface area contributed by atoms with E-state index < -0.39 is 0 Å². The van der Waals surface area contributed by atoms with Crippen molar-refractivity contribution < 1.29 is 4.79 Å². The number of rotatable bonds is 3. The highest BCUT2D eigenvalue weighted by molar-refractivity contribution is 9.10. The van der Waals surface area contributed by atoms with Crippen LogP contribution in [0, 0.1) is 11.8 Å². The molecule has 1 aromatic heterocycles. The largest absolute Gasteiger partial charge is 0.295 e. The van der Waals surface area contributed by atoms with E-state index >= 15 is 0 Å². The van der Waals surface area contributed by atoms with Gasteiger partial charge in [0.05, 0.1) is 11.4 Å². The second-order valence-corrected chi connectivity index (χ2v) is 6.77. The highest BCUT2D eigenvalue weighted by atomic mass is 79.9. The fourth-order valence-electron chi connectivity index (χ4n) is 2.26. The summed E-state index contributed by atoms with van der Waals surface area (Å²) in [6, 6.07) is 1.94. The predicted molar refractivity (Wildman–Crippen MR) is 75.7 cm³/mol. The molecule has 0 bridgehead atoms. The van der Waals surface area contributed by atoms with Crippen molar-refractivity contribution in [2.45, 2.75) is 20.3 Å². The van der Waals surface area contributed by atoms with Gasteiger partial charge < -0.3 is 0 Å². The molecule has 0 aliphatic carbocycles. The summed E-state index contributed by atoms with van der Waals surface area (Å²) >= 11 is 4.95. The van der Waals surface area contributed by atoms with Crippen molar-refractivity contribution in [1.29, 1.82) is 0 Å². The molecule has 0 aromatic carbocycles. The molecule has 1 aliphatic heterocycles. The van der Waals surface area contributed by atoms with E-state index in [0.29, 0.717) is 12.5 Å². The third-order valence-electron chi connectivity index (χ3n) is 3.66. The van der Waals surface area contributed by atoms with Crippen molar-refractivity contribution in [2.24, 2.45) is 11.8 Å². The SMILES string of the molecule is CC1CCN(CC(=O)c2sccc2Br)CC1C. The first-order valence-electron chi connectivity index (χ1n) is 6.06. The molecule has 1 fully saturated rings. The summed E-state index contributed by atoms with van der Waals surface area (Å²) in [6.07, 6.45) is 1.21. The molecule has 2 atom stereocenters. The third kappa shape index (κ3) is 3.18. The van der Waals surface area contributed by atoms with Gasteiger partial charge in [0.2, 0.25) is 0 Å². The zero-order chi connectivity index (χ0) is 12.4. The van der Waals surface area contributed by atoms with Crippen LogP contribution in [0.4, 0.5) is 0 Å². The van der Waals surface area contributed by atoms with Gasteiger partial charge in [-0.2, -0.15) is 0 Å². The molecule has 0 N–H and O–H groups in total. The summed E-state index contributed by atoms with van der Waals surface area (Å²) in [5.41, 5.74) is 0. The number of nitrogens with zero attached hydrogens (tertiary/aromatic N) is 1. The monoisotopic (exact) mass is 315 g/mol. The minimum atomic E-state index is 0.244. The average Bonchev–Trinajstić information content (AvgIpc) is 2.70. The topological polar surface area (TPSA) is 20.3 Å². The number of carbonyl (C=O) groups excluding carboxylic acids is 1. The van der Waals surface area contributed by atoms with E-state index in [4.69, 9.17) is 0 Å². The number of carbonyl (C=O) groups is 1. The van der Waals surface area contributed by atoms with Gasteiger partial charge in [0.1, 0.15) is 0 Å². The summed E-state index contributed by atoms with van der Waals surface area (Å²) in [7, 11) is 0. The smallest absolute Gasteiger partial charge is 0.187 e. The Morgan fingerprint density at radius 3 is 2.88 bits per heavy atom. The molecule has 2 unspecified atom stereocenters. The molecule has 1 saturated heterocycles. The number of hydrogen-bond donors (Lipinski definition) is 0. The maximum atomic E-state index is 12.1. The fourth-order valence-corrected chi connectivity index (χ4v) is 3.79. The molecular formula is C13H18BrNOS. The highest BCUT2D eigenvalue weighted by Crippen LogP contribution is 2.25. The molecule has 1 aliphatic rings. The summed E-state index contributed by atoms with van der Waals surface area (Å²) in [4.78, 5) is 15.3. The fraction of sp³-hybridized carbons (Fsp3) is 0.615. The lowest BCUT2D eigenvalue weighted by molar-refractivity contribution is 0.0852. The Labute approximate surface area is 115 Å². The first-order chi connectivity index (χ1) is 8.08. The Morgan fingerprint density at radius 1 is 1.53 bits per heavy atom. The summed E-state index contributed by atoms with van der Waals surface area (Å²) in [5, 5.41) is 1.96. The summed E-state index contributed by atoms with van der Waals surface area (Å²) in [5.74, 6) is 1.73. The van der Waals surface area contributed by atoms with Crippen molar-refractivity contribution in [3.8, 4) is 0 Å². The van der Waals surface area contributed by atoms with Gasteiger partial charge in [0.15, 0.2) is 5.78 Å². The van der Waals surface area contributed by atoms with Crippen LogP contribution < -0.4 is 0 Å². The zero-order valence-electron chi connectivity index (χ0n) is 10.3. The number of hydrogen-bond acceptors (Lipinski definition) is 3. The van der Waals surface area contributed by atoms with Crippen molar-refractivity contribution in [3.05, 3.63) is 20.8 Å². The first-order valence-corrected chi connectivity index (χ1v) is 7.73. The molecule has 17 heavy (non-hydrogen) atoms. The second kappa shape index (κ2) is 5.63. The molecule has 1 aromatic rings. The number of ketones is 1. The number of halogens is 1. The normalized spacial score (nSPS) is 26.1. The van der Waals surface area contributed by atoms with Crippen LogP contribution in [0.25, 0.3) is 0 Å². The van der Waals surface area contributed by atoms with Crippen LogP contribution in [0.15, 0.2) is 15.9 Å². The number of piperidine rings is 1. The molecule has 0 saturated carbocycles. The Morgan fingerprint density at radius 2 is 2.29 bits per heavy atom. The van der Waals surface area contributed by atoms with Gasteiger partial charge in [-0.15, -0.1) is 11.3 Å². The van der Waals surface area contributed by atoms with Crippen LogP contribution in [0.3, 0.4) is 0 Å². The van der Waals surface area contributed by atoms with Crippen molar-refractivity contribution in [2.75, 3.05) is 19.6 Å². The van der Waals surface area contributed by atoms with E-state index in [1.807, 2.05) is 11.4 Å². The highest BCUT2D eigenvalue weighted by Gasteiger charge is 2.24. The Hall–Kier alpha value is -0.190. The van der Waals surface area contributed by atoms with Gasteiger partial charge in [-0.05, 0) is 52.2 Å². The van der Waals surface area contributed by atoms with E-state index in [0.717, 1.165) is 28.4 Å². The van der Waals surface area contributed by atoms with Crippen LogP contribution in [0.2, 0.25) is 0 Å². The number of likely N-dealkylation sites (tertiary alicyclic amines) is 1. The molecule has 0 spiro atoms. The molecule has 2 nitrogen and oxygen atoms in total. The van der Waals surface area contributed by atoms with Gasteiger partial charge in [-0.3, -0.25) is 9.69 Å². The minimum Gasteiger partial charge on any atom is -0.295 e. The second-order valence-electron chi connectivity index (χ2n) is 5.00. The van der Waals surface area contributed by atoms with Crippen LogP contribution in [-0.4, -0.2) is 30.3 Å². The Kier molecular flexibility index (Phi) is 4.39. The molecular weight excluding hydrogens is 298 g/mol. The van der Waals surface area contributed by atoms with E-state index in [9.17, 15) is 4.79 Å². The third-order valence-corrected chi connectivity index (χ3v) is 5.53. The van der Waals surface area contributed by atoms with E-state index in [-0.39, 0.29) is 5.78 Å². The van der Waals surface area contributed by atoms with Gasteiger partial charge >= 0.3 is 0 Å². The first kappa shape index (κ1) is 13.2. The van der Waals surface area contributed by atoms with Gasteiger partial charge in [0, 0.05) is 11.0 Å². The lowest BCUT2D eigenvalue weighted by Crippen LogP contribution is -2.41. The molecule has 0 amide bonds. The minimum absolute atomic E-state index is 0.244. The molecule has 4 heteroatoms. The lowest BCUT2D eigenvalue weighted by Gasteiger charge is -2.34. The van der Waals surface area contributed by atoms with Crippen molar-refractivity contribution in [3.63, 3.8) is 0 Å². The quantitative estimate of drug-likeness (QED) is 0.793. The predicted octanol–water partition coefficient (Wildman–Crippen LogP) is 3.67. The molecule has 94 valence electrons. The van der Waals surface area contributed by atoms with Crippen molar-refractivity contribution >= 4 is 33.0 Å². The zero-order valence-corrected chi connectivity index (χ0v) is 12.7. The van der Waals surface area contributed by atoms with Crippen LogP contribution in [0.1, 0.15) is 29.9 Å². The van der Waals surface area contributed by atoms with Crippen LogP contribution in [-0.2, 0) is 0 Å². The Balaban J connectivity index is 1.94. The number of Topliss-reactive ketones (excluding diaryl/α,β-unsaturated/α-hetero) is 1. The maximum absolute atomic E-state index is 12.1. The molecule has 0 radical (unpaired) electrons. The van der Waals surface area contributed by atoms with E-state index in [2.05, 4.69) is 34.7 Å². The van der Waals surface area contributed by atoms with Crippen LogP contribution in [0.5, 0.6) is 0 Å². The van der Waals surface area contributed by atoms with E-state index in [1.54, 1.807) is 0 Å². The van der Waals surface area contributed by atoms with E-state index in [1.165, 1.54) is 17.8 Å². The average molecular weight is 316 g/mol.